The van der Waals surface area contributed by atoms with Gasteiger partial charge < -0.3 is 5.32 Å². The fraction of sp³-hybridized carbons (Fsp3) is 0.625. The van der Waals surface area contributed by atoms with Gasteiger partial charge in [-0.2, -0.15) is 0 Å². The molecular formula is C16H25NS. The van der Waals surface area contributed by atoms with Crippen LogP contribution in [0.3, 0.4) is 0 Å². The zero-order valence-corrected chi connectivity index (χ0v) is 12.4. The van der Waals surface area contributed by atoms with Crippen LogP contribution in [-0.4, -0.2) is 12.8 Å². The maximum Gasteiger partial charge on any atom is 0.0331 e. The number of rotatable bonds is 8. The average molecular weight is 263 g/mol. The van der Waals surface area contributed by atoms with Crippen LogP contribution in [0.2, 0.25) is 0 Å². The van der Waals surface area contributed by atoms with Gasteiger partial charge in [0.15, 0.2) is 0 Å². The summed E-state index contributed by atoms with van der Waals surface area (Å²) >= 11 is 1.87. The van der Waals surface area contributed by atoms with Crippen molar-refractivity contribution in [1.82, 2.24) is 5.32 Å². The smallest absolute Gasteiger partial charge is 0.0331 e. The maximum atomic E-state index is 3.73. The normalized spacial score (nSPS) is 16.8. The van der Waals surface area contributed by atoms with Crippen molar-refractivity contribution >= 4 is 11.8 Å². The molecule has 0 radical (unpaired) electrons. The Kier molecular flexibility index (Phi) is 5.58. The summed E-state index contributed by atoms with van der Waals surface area (Å²) in [5.41, 5.74) is 1.50. The van der Waals surface area contributed by atoms with E-state index in [2.05, 4.69) is 42.8 Å². The predicted octanol–water partition coefficient (Wildman–Crippen LogP) is 4.64. The van der Waals surface area contributed by atoms with Crippen molar-refractivity contribution in [1.29, 1.82) is 0 Å². The van der Waals surface area contributed by atoms with Crippen molar-refractivity contribution in [2.45, 2.75) is 50.0 Å². The van der Waals surface area contributed by atoms with Gasteiger partial charge in [-0.25, -0.2) is 0 Å². The third-order valence-electron chi connectivity index (χ3n) is 3.72. The van der Waals surface area contributed by atoms with E-state index in [9.17, 15) is 0 Å². The molecule has 1 N–H and O–H groups in total. The van der Waals surface area contributed by atoms with Crippen molar-refractivity contribution in [2.24, 2.45) is 5.92 Å². The molecule has 1 aromatic carbocycles. The molecule has 1 saturated carbocycles. The third kappa shape index (κ3) is 4.03. The molecule has 1 unspecified atom stereocenters. The standard InChI is InChI=1S/C16H25NS/c1-3-12-17-15(11-10-13-8-9-13)14-6-4-5-7-16(14)18-2/h4-7,13,15,17H,3,8-12H2,1-2H3. The highest BCUT2D eigenvalue weighted by Gasteiger charge is 2.23. The molecule has 0 spiro atoms. The molecule has 0 aromatic heterocycles. The largest absolute Gasteiger partial charge is 0.310 e. The second-order valence-electron chi connectivity index (χ2n) is 5.27. The molecule has 2 heteroatoms. The van der Waals surface area contributed by atoms with Gasteiger partial charge in [0.2, 0.25) is 0 Å². The third-order valence-corrected chi connectivity index (χ3v) is 4.53. The van der Waals surface area contributed by atoms with Gasteiger partial charge >= 0.3 is 0 Å². The van der Waals surface area contributed by atoms with E-state index in [0.717, 1.165) is 12.5 Å². The van der Waals surface area contributed by atoms with Gasteiger partial charge in [0.1, 0.15) is 0 Å². The molecule has 1 nitrogen and oxygen atoms in total. The zero-order valence-electron chi connectivity index (χ0n) is 11.6. The topological polar surface area (TPSA) is 12.0 Å². The number of hydrogen-bond acceptors (Lipinski definition) is 2. The molecule has 1 aliphatic carbocycles. The van der Waals surface area contributed by atoms with E-state index < -0.39 is 0 Å². The predicted molar refractivity (Wildman–Crippen MR) is 81.2 cm³/mol. The van der Waals surface area contributed by atoms with E-state index >= 15 is 0 Å². The summed E-state index contributed by atoms with van der Waals surface area (Å²) in [6.45, 7) is 3.36. The maximum absolute atomic E-state index is 3.73. The molecule has 1 fully saturated rings. The van der Waals surface area contributed by atoms with Crippen LogP contribution in [0.4, 0.5) is 0 Å². The first-order valence-electron chi connectivity index (χ1n) is 7.21. The van der Waals surface area contributed by atoms with E-state index in [-0.39, 0.29) is 0 Å². The Morgan fingerprint density at radius 3 is 2.78 bits per heavy atom. The molecule has 1 aromatic rings. The fourth-order valence-corrected chi connectivity index (χ4v) is 3.11. The number of thioether (sulfide) groups is 1. The van der Waals surface area contributed by atoms with Crippen LogP contribution >= 0.6 is 11.8 Å². The highest BCUT2D eigenvalue weighted by atomic mass is 32.2. The van der Waals surface area contributed by atoms with Gasteiger partial charge in [-0.15, -0.1) is 11.8 Å². The zero-order chi connectivity index (χ0) is 12.8. The lowest BCUT2D eigenvalue weighted by Crippen LogP contribution is -2.22. The number of benzene rings is 1. The molecule has 1 atom stereocenters. The van der Waals surface area contributed by atoms with Crippen LogP contribution in [-0.2, 0) is 0 Å². The van der Waals surface area contributed by atoms with E-state index in [1.54, 1.807) is 0 Å². The first kappa shape index (κ1) is 14.0. The Morgan fingerprint density at radius 1 is 1.33 bits per heavy atom. The SMILES string of the molecule is CCCNC(CCC1CC1)c1ccccc1SC. The van der Waals surface area contributed by atoms with E-state index in [1.807, 2.05) is 11.8 Å². The minimum Gasteiger partial charge on any atom is -0.310 e. The Bertz CT molecular complexity index is 360. The summed E-state index contributed by atoms with van der Waals surface area (Å²) < 4.78 is 0. The van der Waals surface area contributed by atoms with Crippen LogP contribution in [0.5, 0.6) is 0 Å². The van der Waals surface area contributed by atoms with Crippen molar-refractivity contribution < 1.29 is 0 Å². The Labute approximate surface area is 116 Å². The summed E-state index contributed by atoms with van der Waals surface area (Å²) in [7, 11) is 0. The first-order chi connectivity index (χ1) is 8.85. The van der Waals surface area contributed by atoms with Crippen molar-refractivity contribution in [3.05, 3.63) is 29.8 Å². The van der Waals surface area contributed by atoms with Gasteiger partial charge in [-0.05, 0) is 49.6 Å². The van der Waals surface area contributed by atoms with Gasteiger partial charge in [-0.3, -0.25) is 0 Å². The lowest BCUT2D eigenvalue weighted by Gasteiger charge is -2.21. The summed E-state index contributed by atoms with van der Waals surface area (Å²) in [6.07, 6.45) is 9.00. The molecule has 0 aliphatic heterocycles. The van der Waals surface area contributed by atoms with Crippen LogP contribution in [0.15, 0.2) is 29.2 Å². The van der Waals surface area contributed by atoms with Gasteiger partial charge in [0.25, 0.3) is 0 Å². The minimum atomic E-state index is 0.550. The number of nitrogens with one attached hydrogen (secondary N) is 1. The highest BCUT2D eigenvalue weighted by molar-refractivity contribution is 7.98. The molecule has 0 heterocycles. The van der Waals surface area contributed by atoms with Crippen LogP contribution in [0, 0.1) is 5.92 Å². The van der Waals surface area contributed by atoms with Crippen molar-refractivity contribution in [3.63, 3.8) is 0 Å². The summed E-state index contributed by atoms with van der Waals surface area (Å²) in [4.78, 5) is 1.43. The number of hydrogen-bond donors (Lipinski definition) is 1. The van der Waals surface area contributed by atoms with E-state index in [1.165, 1.54) is 42.6 Å². The Morgan fingerprint density at radius 2 is 2.11 bits per heavy atom. The van der Waals surface area contributed by atoms with Crippen molar-refractivity contribution in [2.75, 3.05) is 12.8 Å². The lowest BCUT2D eigenvalue weighted by atomic mass is 10.00. The first-order valence-corrected chi connectivity index (χ1v) is 8.44. The fourth-order valence-electron chi connectivity index (χ4n) is 2.45. The Balaban J connectivity index is 2.04. The second-order valence-corrected chi connectivity index (χ2v) is 6.12. The second kappa shape index (κ2) is 7.20. The summed E-state index contributed by atoms with van der Waals surface area (Å²) in [5, 5.41) is 3.73. The quantitative estimate of drug-likeness (QED) is 0.686. The molecule has 18 heavy (non-hydrogen) atoms. The summed E-state index contributed by atoms with van der Waals surface area (Å²) in [5.74, 6) is 1.03. The molecule has 2 rings (SSSR count). The molecule has 0 saturated heterocycles. The van der Waals surface area contributed by atoms with Gasteiger partial charge in [0.05, 0.1) is 0 Å². The molecule has 0 bridgehead atoms. The van der Waals surface area contributed by atoms with Gasteiger partial charge in [0, 0.05) is 10.9 Å². The van der Waals surface area contributed by atoms with E-state index in [4.69, 9.17) is 0 Å². The molecule has 100 valence electrons. The van der Waals surface area contributed by atoms with Crippen molar-refractivity contribution in [3.8, 4) is 0 Å². The summed E-state index contributed by atoms with van der Waals surface area (Å²) in [6, 6.07) is 9.41. The highest BCUT2D eigenvalue weighted by Crippen LogP contribution is 2.37. The molecule has 1 aliphatic rings. The Hall–Kier alpha value is -0.470. The van der Waals surface area contributed by atoms with Crippen LogP contribution < -0.4 is 5.32 Å². The molecular weight excluding hydrogens is 238 g/mol. The lowest BCUT2D eigenvalue weighted by molar-refractivity contribution is 0.465. The monoisotopic (exact) mass is 263 g/mol. The van der Waals surface area contributed by atoms with Crippen LogP contribution in [0.25, 0.3) is 0 Å². The van der Waals surface area contributed by atoms with Gasteiger partial charge in [-0.1, -0.05) is 38.0 Å². The average Bonchev–Trinajstić information content (AvgIpc) is 3.23. The van der Waals surface area contributed by atoms with Crippen LogP contribution in [0.1, 0.15) is 50.6 Å². The van der Waals surface area contributed by atoms with E-state index in [0.29, 0.717) is 6.04 Å². The molecule has 0 amide bonds. The minimum absolute atomic E-state index is 0.550.